The van der Waals surface area contributed by atoms with Gasteiger partial charge in [-0.15, -0.1) is 10.2 Å². The quantitative estimate of drug-likeness (QED) is 0.604. The number of rotatable bonds is 8. The number of amides is 1. The Balaban J connectivity index is 1.59. The Morgan fingerprint density at radius 1 is 1.07 bits per heavy atom. The summed E-state index contributed by atoms with van der Waals surface area (Å²) in [5.41, 5.74) is 2.25. The van der Waals surface area contributed by atoms with Crippen molar-refractivity contribution in [3.8, 4) is 11.4 Å². The van der Waals surface area contributed by atoms with Crippen LogP contribution in [-0.2, 0) is 17.8 Å². The summed E-state index contributed by atoms with van der Waals surface area (Å²) in [5.74, 6) is 0.847. The summed E-state index contributed by atoms with van der Waals surface area (Å²) in [5, 5.41) is 12.2. The molecule has 0 aliphatic rings. The second-order valence-electron chi connectivity index (χ2n) is 6.20. The zero-order chi connectivity index (χ0) is 19.1. The first-order valence-electron chi connectivity index (χ1n) is 9.16. The van der Waals surface area contributed by atoms with E-state index in [0.717, 1.165) is 29.5 Å². The molecule has 1 atom stereocenters. The average Bonchev–Trinajstić information content (AvgIpc) is 3.11. The molecule has 0 saturated heterocycles. The Labute approximate surface area is 164 Å². The van der Waals surface area contributed by atoms with Gasteiger partial charge >= 0.3 is 0 Å². The summed E-state index contributed by atoms with van der Waals surface area (Å²) in [6, 6.07) is 20.1. The van der Waals surface area contributed by atoms with Gasteiger partial charge in [-0.25, -0.2) is 0 Å². The molecule has 3 rings (SSSR count). The van der Waals surface area contributed by atoms with E-state index in [-0.39, 0.29) is 11.2 Å². The standard InChI is InChI=1S/C21H24N4OS/c1-3-25-19(18-12-8-5-9-13-18)23-24-21(25)27-16(2)20(26)22-15-14-17-10-6-4-7-11-17/h4-13,16H,3,14-15H2,1-2H3,(H,22,26). The molecule has 0 spiro atoms. The van der Waals surface area contributed by atoms with E-state index >= 15 is 0 Å². The molecule has 0 aliphatic carbocycles. The van der Waals surface area contributed by atoms with Crippen LogP contribution in [0.2, 0.25) is 0 Å². The predicted molar refractivity (Wildman–Crippen MR) is 110 cm³/mol. The summed E-state index contributed by atoms with van der Waals surface area (Å²) >= 11 is 1.44. The lowest BCUT2D eigenvalue weighted by atomic mass is 10.1. The fourth-order valence-electron chi connectivity index (χ4n) is 2.79. The van der Waals surface area contributed by atoms with Crippen molar-refractivity contribution in [1.29, 1.82) is 0 Å². The molecule has 0 bridgehead atoms. The second-order valence-corrected chi connectivity index (χ2v) is 7.51. The van der Waals surface area contributed by atoms with E-state index in [1.807, 2.05) is 60.0 Å². The van der Waals surface area contributed by atoms with Crippen LogP contribution in [-0.4, -0.2) is 32.5 Å². The third kappa shape index (κ3) is 4.98. The number of nitrogens with zero attached hydrogens (tertiary/aromatic N) is 3. The van der Waals surface area contributed by atoms with Crippen molar-refractivity contribution in [2.24, 2.45) is 0 Å². The van der Waals surface area contributed by atoms with E-state index < -0.39 is 0 Å². The maximum Gasteiger partial charge on any atom is 0.233 e. The summed E-state index contributed by atoms with van der Waals surface area (Å²) in [7, 11) is 0. The molecule has 0 saturated carbocycles. The molecule has 0 radical (unpaired) electrons. The van der Waals surface area contributed by atoms with Crippen molar-refractivity contribution in [3.05, 3.63) is 66.2 Å². The molecule has 1 N–H and O–H groups in total. The van der Waals surface area contributed by atoms with Crippen molar-refractivity contribution in [2.45, 2.75) is 37.2 Å². The number of nitrogens with one attached hydrogen (secondary N) is 1. The van der Waals surface area contributed by atoms with Crippen LogP contribution in [0.4, 0.5) is 0 Å². The smallest absolute Gasteiger partial charge is 0.233 e. The van der Waals surface area contributed by atoms with Gasteiger partial charge in [0.25, 0.3) is 0 Å². The minimum absolute atomic E-state index is 0.0165. The Hall–Kier alpha value is -2.60. The van der Waals surface area contributed by atoms with Crippen molar-refractivity contribution in [1.82, 2.24) is 20.1 Å². The molecule has 5 nitrogen and oxygen atoms in total. The molecule has 0 aliphatic heterocycles. The number of hydrogen-bond donors (Lipinski definition) is 1. The lowest BCUT2D eigenvalue weighted by Gasteiger charge is -2.13. The van der Waals surface area contributed by atoms with Crippen molar-refractivity contribution >= 4 is 17.7 Å². The Kier molecular flexibility index (Phi) is 6.65. The lowest BCUT2D eigenvalue weighted by molar-refractivity contribution is -0.120. The van der Waals surface area contributed by atoms with Gasteiger partial charge in [-0.2, -0.15) is 0 Å². The fraction of sp³-hybridized carbons (Fsp3) is 0.286. The van der Waals surface area contributed by atoms with Crippen molar-refractivity contribution < 1.29 is 4.79 Å². The van der Waals surface area contributed by atoms with Gasteiger partial charge in [0.1, 0.15) is 0 Å². The van der Waals surface area contributed by atoms with Crippen LogP contribution in [0.1, 0.15) is 19.4 Å². The van der Waals surface area contributed by atoms with Gasteiger partial charge in [0, 0.05) is 18.7 Å². The number of carbonyl (C=O) groups is 1. The summed E-state index contributed by atoms with van der Waals surface area (Å²) in [4.78, 5) is 12.4. The molecule has 6 heteroatoms. The molecule has 1 heterocycles. The van der Waals surface area contributed by atoms with E-state index in [9.17, 15) is 4.79 Å². The van der Waals surface area contributed by atoms with Crippen molar-refractivity contribution in [3.63, 3.8) is 0 Å². The van der Waals surface area contributed by atoms with Crippen LogP contribution in [0.3, 0.4) is 0 Å². The summed E-state index contributed by atoms with van der Waals surface area (Å²) in [6.07, 6.45) is 0.827. The highest BCUT2D eigenvalue weighted by Crippen LogP contribution is 2.26. The number of thioether (sulfide) groups is 1. The molecule has 27 heavy (non-hydrogen) atoms. The molecule has 3 aromatic rings. The van der Waals surface area contributed by atoms with E-state index in [0.29, 0.717) is 6.54 Å². The summed E-state index contributed by atoms with van der Waals surface area (Å²) < 4.78 is 2.05. The van der Waals surface area contributed by atoms with E-state index in [1.165, 1.54) is 17.3 Å². The Morgan fingerprint density at radius 3 is 2.41 bits per heavy atom. The Bertz CT molecular complexity index is 864. The van der Waals surface area contributed by atoms with Gasteiger partial charge in [0.05, 0.1) is 5.25 Å². The maximum atomic E-state index is 12.4. The Morgan fingerprint density at radius 2 is 1.74 bits per heavy atom. The van der Waals surface area contributed by atoms with E-state index in [2.05, 4.69) is 34.6 Å². The zero-order valence-electron chi connectivity index (χ0n) is 15.6. The van der Waals surface area contributed by atoms with Crippen LogP contribution in [0.5, 0.6) is 0 Å². The van der Waals surface area contributed by atoms with Crippen LogP contribution >= 0.6 is 11.8 Å². The van der Waals surface area contributed by atoms with Crippen LogP contribution in [0.25, 0.3) is 11.4 Å². The number of hydrogen-bond acceptors (Lipinski definition) is 4. The van der Waals surface area contributed by atoms with Crippen LogP contribution in [0, 0.1) is 0 Å². The van der Waals surface area contributed by atoms with Crippen LogP contribution < -0.4 is 5.32 Å². The third-order valence-corrected chi connectivity index (χ3v) is 5.35. The highest BCUT2D eigenvalue weighted by Gasteiger charge is 2.19. The zero-order valence-corrected chi connectivity index (χ0v) is 16.4. The lowest BCUT2D eigenvalue weighted by Crippen LogP contribution is -2.32. The monoisotopic (exact) mass is 380 g/mol. The highest BCUT2D eigenvalue weighted by molar-refractivity contribution is 8.00. The first-order chi connectivity index (χ1) is 13.2. The summed E-state index contributed by atoms with van der Waals surface area (Å²) in [6.45, 7) is 5.34. The van der Waals surface area contributed by atoms with Crippen LogP contribution in [0.15, 0.2) is 65.8 Å². The number of benzene rings is 2. The van der Waals surface area contributed by atoms with Crippen molar-refractivity contribution in [2.75, 3.05) is 6.54 Å². The third-order valence-electron chi connectivity index (χ3n) is 4.27. The second kappa shape index (κ2) is 9.37. The largest absolute Gasteiger partial charge is 0.355 e. The van der Waals surface area contributed by atoms with Gasteiger partial charge in [0.2, 0.25) is 5.91 Å². The van der Waals surface area contributed by atoms with Gasteiger partial charge in [-0.05, 0) is 25.8 Å². The first-order valence-corrected chi connectivity index (χ1v) is 10.0. The minimum Gasteiger partial charge on any atom is -0.355 e. The van der Waals surface area contributed by atoms with Gasteiger partial charge in [-0.1, -0.05) is 72.4 Å². The predicted octanol–water partition coefficient (Wildman–Crippen LogP) is 3.80. The average molecular weight is 381 g/mol. The number of carbonyl (C=O) groups excluding carboxylic acids is 1. The number of aromatic nitrogens is 3. The molecule has 0 fully saturated rings. The van der Waals surface area contributed by atoms with E-state index in [1.54, 1.807) is 0 Å². The molecule has 2 aromatic carbocycles. The van der Waals surface area contributed by atoms with Gasteiger partial charge in [-0.3, -0.25) is 4.79 Å². The molecular weight excluding hydrogens is 356 g/mol. The first kappa shape index (κ1) is 19.2. The molecule has 140 valence electrons. The van der Waals surface area contributed by atoms with Gasteiger partial charge < -0.3 is 9.88 Å². The molecular formula is C21H24N4OS. The molecule has 1 amide bonds. The fourth-order valence-corrected chi connectivity index (χ4v) is 3.73. The normalized spacial score (nSPS) is 11.9. The highest BCUT2D eigenvalue weighted by atomic mass is 32.2. The molecule has 1 unspecified atom stereocenters. The topological polar surface area (TPSA) is 59.8 Å². The molecule has 1 aromatic heterocycles. The SMILES string of the molecule is CCn1c(SC(C)C(=O)NCCc2ccccc2)nnc1-c1ccccc1. The minimum atomic E-state index is -0.237. The van der Waals surface area contributed by atoms with E-state index in [4.69, 9.17) is 0 Å². The maximum absolute atomic E-state index is 12.4. The van der Waals surface area contributed by atoms with Gasteiger partial charge in [0.15, 0.2) is 11.0 Å².